The van der Waals surface area contributed by atoms with Gasteiger partial charge in [0.1, 0.15) is 11.0 Å². The van der Waals surface area contributed by atoms with Crippen LogP contribution in [0.15, 0.2) is 36.5 Å². The Hall–Kier alpha value is -1.92. The molecule has 0 aliphatic carbocycles. The number of anilines is 1. The van der Waals surface area contributed by atoms with Crippen molar-refractivity contribution >= 4 is 38.3 Å². The van der Waals surface area contributed by atoms with Crippen molar-refractivity contribution in [3.05, 3.63) is 41.7 Å². The summed E-state index contributed by atoms with van der Waals surface area (Å²) in [7, 11) is -1.29. The number of sulfonamides is 1. The van der Waals surface area contributed by atoms with E-state index < -0.39 is 10.0 Å². The number of hydrogen-bond donors (Lipinski definition) is 1. The molecular weight excluding hydrogens is 322 g/mol. The minimum absolute atomic E-state index is 0.0472. The van der Waals surface area contributed by atoms with Gasteiger partial charge in [-0.15, -0.1) is 0 Å². The van der Waals surface area contributed by atoms with Crippen LogP contribution in [0, 0.1) is 0 Å². The van der Waals surface area contributed by atoms with Crippen LogP contribution in [0.5, 0.6) is 0 Å². The first-order chi connectivity index (χ1) is 10.4. The largest absolute Gasteiger partial charge is 0.351 e. The van der Waals surface area contributed by atoms with Gasteiger partial charge in [0.2, 0.25) is 10.0 Å². The average Bonchev–Trinajstić information content (AvgIpc) is 2.99. The molecule has 0 unspecified atom stereocenters. The Bertz CT molecular complexity index is 1000. The predicted molar refractivity (Wildman–Crippen MR) is 88.8 cm³/mol. The van der Waals surface area contributed by atoms with E-state index in [1.165, 1.54) is 0 Å². The standard InChI is InChI=1S/C15H14ClN3O2S/c1-18-5-4-11-8-10(2-3-13(11)18)12-9-14(16)19-6-7-22(20,21)17-15(12)19/h2-5,8-9,17H,6-7H2,1H3. The highest BCUT2D eigenvalue weighted by Crippen LogP contribution is 2.37. The molecule has 3 heterocycles. The van der Waals surface area contributed by atoms with Crippen LogP contribution in [0.2, 0.25) is 5.15 Å². The fourth-order valence-electron chi connectivity index (χ4n) is 2.93. The molecule has 0 spiro atoms. The topological polar surface area (TPSA) is 56.0 Å². The van der Waals surface area contributed by atoms with Crippen LogP contribution < -0.4 is 4.72 Å². The van der Waals surface area contributed by atoms with Gasteiger partial charge >= 0.3 is 0 Å². The number of aryl methyl sites for hydroxylation is 1. The smallest absolute Gasteiger partial charge is 0.235 e. The van der Waals surface area contributed by atoms with Crippen molar-refractivity contribution in [2.45, 2.75) is 6.54 Å². The number of rotatable bonds is 1. The van der Waals surface area contributed by atoms with Crippen LogP contribution in [0.25, 0.3) is 22.0 Å². The molecule has 0 saturated heterocycles. The highest BCUT2D eigenvalue weighted by Gasteiger charge is 2.25. The number of halogens is 1. The van der Waals surface area contributed by atoms with Crippen molar-refractivity contribution in [1.29, 1.82) is 0 Å². The van der Waals surface area contributed by atoms with E-state index in [1.807, 2.05) is 48.1 Å². The fraction of sp³-hybridized carbons (Fsp3) is 0.200. The molecule has 7 heteroatoms. The van der Waals surface area contributed by atoms with Crippen molar-refractivity contribution in [3.8, 4) is 11.1 Å². The molecule has 0 saturated carbocycles. The Morgan fingerprint density at radius 3 is 2.86 bits per heavy atom. The van der Waals surface area contributed by atoms with E-state index in [4.69, 9.17) is 11.6 Å². The molecule has 1 aliphatic heterocycles. The Morgan fingerprint density at radius 1 is 1.23 bits per heavy atom. The van der Waals surface area contributed by atoms with Crippen LogP contribution in [-0.2, 0) is 23.6 Å². The van der Waals surface area contributed by atoms with E-state index in [0.29, 0.717) is 17.5 Å². The van der Waals surface area contributed by atoms with E-state index in [1.54, 1.807) is 4.57 Å². The maximum atomic E-state index is 11.9. The van der Waals surface area contributed by atoms with Gasteiger partial charge in [-0.2, -0.15) is 0 Å². The normalized spacial score (nSPS) is 16.5. The molecule has 0 radical (unpaired) electrons. The van der Waals surface area contributed by atoms with Gasteiger partial charge in [-0.05, 0) is 29.8 Å². The maximum Gasteiger partial charge on any atom is 0.235 e. The fourth-order valence-corrected chi connectivity index (χ4v) is 4.24. The molecule has 1 N–H and O–H groups in total. The van der Waals surface area contributed by atoms with E-state index in [0.717, 1.165) is 22.0 Å². The van der Waals surface area contributed by atoms with E-state index in [2.05, 4.69) is 4.72 Å². The Labute approximate surface area is 133 Å². The summed E-state index contributed by atoms with van der Waals surface area (Å²) in [6.45, 7) is 0.372. The van der Waals surface area contributed by atoms with Crippen molar-refractivity contribution in [3.63, 3.8) is 0 Å². The van der Waals surface area contributed by atoms with Crippen LogP contribution in [0.1, 0.15) is 0 Å². The zero-order chi connectivity index (χ0) is 15.5. The minimum atomic E-state index is -3.29. The second-order valence-electron chi connectivity index (χ2n) is 5.50. The van der Waals surface area contributed by atoms with Crippen molar-refractivity contribution < 1.29 is 8.42 Å². The molecule has 22 heavy (non-hydrogen) atoms. The zero-order valence-corrected chi connectivity index (χ0v) is 13.4. The molecule has 1 aliphatic rings. The van der Waals surface area contributed by atoms with Crippen molar-refractivity contribution in [2.24, 2.45) is 7.05 Å². The van der Waals surface area contributed by atoms with E-state index in [9.17, 15) is 8.42 Å². The molecule has 114 valence electrons. The maximum absolute atomic E-state index is 11.9. The SMILES string of the molecule is Cn1ccc2cc(-c3cc(Cl)n4c3NS(=O)(=O)CC4)ccc21. The first-order valence-electron chi connectivity index (χ1n) is 6.89. The lowest BCUT2D eigenvalue weighted by Gasteiger charge is -2.19. The average molecular weight is 336 g/mol. The third-order valence-electron chi connectivity index (χ3n) is 4.08. The van der Waals surface area contributed by atoms with Gasteiger partial charge in [-0.3, -0.25) is 4.72 Å². The van der Waals surface area contributed by atoms with Gasteiger partial charge in [0, 0.05) is 36.3 Å². The predicted octanol–water partition coefficient (Wildman–Crippen LogP) is 3.06. The van der Waals surface area contributed by atoms with Gasteiger partial charge in [0.05, 0.1) is 5.75 Å². The van der Waals surface area contributed by atoms with Crippen molar-refractivity contribution in [2.75, 3.05) is 10.5 Å². The lowest BCUT2D eigenvalue weighted by atomic mass is 10.1. The molecule has 1 aromatic carbocycles. The highest BCUT2D eigenvalue weighted by molar-refractivity contribution is 7.92. The Morgan fingerprint density at radius 2 is 2.05 bits per heavy atom. The third-order valence-corrected chi connectivity index (χ3v) is 5.62. The molecule has 0 atom stereocenters. The number of benzene rings is 1. The van der Waals surface area contributed by atoms with Crippen LogP contribution >= 0.6 is 11.6 Å². The molecule has 0 amide bonds. The summed E-state index contributed by atoms with van der Waals surface area (Å²) in [5.74, 6) is 0.595. The van der Waals surface area contributed by atoms with E-state index >= 15 is 0 Å². The number of fused-ring (bicyclic) bond motifs is 2. The van der Waals surface area contributed by atoms with Crippen molar-refractivity contribution in [1.82, 2.24) is 9.13 Å². The molecule has 0 fully saturated rings. The summed E-state index contributed by atoms with van der Waals surface area (Å²) in [5.41, 5.74) is 2.88. The number of aromatic nitrogens is 2. The molecule has 4 rings (SSSR count). The summed E-state index contributed by atoms with van der Waals surface area (Å²) >= 11 is 6.25. The van der Waals surface area contributed by atoms with Crippen LogP contribution in [0.3, 0.4) is 0 Å². The molecule has 0 bridgehead atoms. The summed E-state index contributed by atoms with van der Waals surface area (Å²) in [6.07, 6.45) is 2.00. The zero-order valence-electron chi connectivity index (χ0n) is 11.9. The summed E-state index contributed by atoms with van der Waals surface area (Å²) < 4.78 is 30.2. The third kappa shape index (κ3) is 2.02. The molecule has 5 nitrogen and oxygen atoms in total. The summed E-state index contributed by atoms with van der Waals surface area (Å²) in [5, 5.41) is 1.65. The van der Waals surface area contributed by atoms with Crippen LogP contribution in [0.4, 0.5) is 5.82 Å². The van der Waals surface area contributed by atoms with Gasteiger partial charge in [0.15, 0.2) is 0 Å². The minimum Gasteiger partial charge on any atom is -0.351 e. The Kier molecular flexibility index (Phi) is 2.83. The quantitative estimate of drug-likeness (QED) is 0.743. The highest BCUT2D eigenvalue weighted by atomic mass is 35.5. The molecule has 2 aromatic heterocycles. The summed E-state index contributed by atoms with van der Waals surface area (Å²) in [6, 6.07) is 9.91. The lowest BCUT2D eigenvalue weighted by Crippen LogP contribution is -2.27. The van der Waals surface area contributed by atoms with Gasteiger partial charge in [0.25, 0.3) is 0 Å². The first kappa shape index (κ1) is 13.7. The lowest BCUT2D eigenvalue weighted by molar-refractivity contribution is 0.588. The van der Waals surface area contributed by atoms with Gasteiger partial charge in [-0.1, -0.05) is 17.7 Å². The number of hydrogen-bond acceptors (Lipinski definition) is 2. The number of nitrogens with zero attached hydrogens (tertiary/aromatic N) is 2. The second-order valence-corrected chi connectivity index (χ2v) is 7.73. The number of nitrogens with one attached hydrogen (secondary N) is 1. The van der Waals surface area contributed by atoms with Gasteiger partial charge in [-0.25, -0.2) is 8.42 Å². The summed E-state index contributed by atoms with van der Waals surface area (Å²) in [4.78, 5) is 0. The van der Waals surface area contributed by atoms with Crippen LogP contribution in [-0.4, -0.2) is 23.3 Å². The second kappa shape index (κ2) is 4.54. The first-order valence-corrected chi connectivity index (χ1v) is 8.93. The Balaban J connectivity index is 1.92. The molecular formula is C15H14ClN3O2S. The van der Waals surface area contributed by atoms with E-state index in [-0.39, 0.29) is 5.75 Å². The monoisotopic (exact) mass is 335 g/mol. The molecule has 3 aromatic rings. The van der Waals surface area contributed by atoms with Gasteiger partial charge < -0.3 is 9.13 Å².